The van der Waals surface area contributed by atoms with Crippen LogP contribution in [-0.4, -0.2) is 81.7 Å². The molecule has 1 saturated carbocycles. The zero-order valence-electron chi connectivity index (χ0n) is 19.4. The van der Waals surface area contributed by atoms with Crippen LogP contribution in [0.1, 0.15) is 42.5 Å². The van der Waals surface area contributed by atoms with Crippen LogP contribution in [0.2, 0.25) is 0 Å². The minimum Gasteiger partial charge on any atom is -0.336 e. The van der Waals surface area contributed by atoms with Gasteiger partial charge in [-0.2, -0.15) is 22.1 Å². The van der Waals surface area contributed by atoms with Crippen molar-refractivity contribution in [1.29, 1.82) is 0 Å². The van der Waals surface area contributed by atoms with Gasteiger partial charge in [0.25, 0.3) is 16.1 Å². The molecule has 0 radical (unpaired) electrons. The average Bonchev–Trinajstić information content (AvgIpc) is 3.33. The van der Waals surface area contributed by atoms with E-state index in [2.05, 4.69) is 10.1 Å². The van der Waals surface area contributed by atoms with Crippen molar-refractivity contribution in [3.05, 3.63) is 54.4 Å². The normalized spacial score (nSPS) is 18.6. The summed E-state index contributed by atoms with van der Waals surface area (Å²) in [5.74, 6) is -0.176. The number of aromatic nitrogens is 3. The Balaban J connectivity index is 1.30. The van der Waals surface area contributed by atoms with Crippen molar-refractivity contribution in [3.63, 3.8) is 0 Å². The number of piperazine rings is 1. The van der Waals surface area contributed by atoms with Gasteiger partial charge in [-0.25, -0.2) is 9.50 Å². The molecule has 1 aromatic carbocycles. The maximum atomic E-state index is 13.3. The first kappa shape index (κ1) is 22.9. The SMILES string of the molecule is CN(C1CCCCC1)S(=O)(=O)N1CCN(C(=O)c2cnn3c(-c4ccccc4)ccnc23)CC1. The molecule has 3 aromatic rings. The van der Waals surface area contributed by atoms with Crippen molar-refractivity contribution in [2.45, 2.75) is 38.1 Å². The second-order valence-corrected chi connectivity index (χ2v) is 11.0. The van der Waals surface area contributed by atoms with Gasteiger partial charge in [0, 0.05) is 51.0 Å². The fraction of sp³-hybridized carbons (Fsp3) is 0.458. The Labute approximate surface area is 200 Å². The van der Waals surface area contributed by atoms with Gasteiger partial charge in [-0.1, -0.05) is 49.6 Å². The van der Waals surface area contributed by atoms with Gasteiger partial charge in [-0.3, -0.25) is 4.79 Å². The maximum absolute atomic E-state index is 13.3. The maximum Gasteiger partial charge on any atom is 0.282 e. The number of benzene rings is 1. The van der Waals surface area contributed by atoms with Gasteiger partial charge >= 0.3 is 0 Å². The molecule has 1 saturated heterocycles. The van der Waals surface area contributed by atoms with Gasteiger partial charge in [0.05, 0.1) is 11.9 Å². The van der Waals surface area contributed by atoms with Crippen LogP contribution in [0.4, 0.5) is 0 Å². The molecule has 2 aliphatic rings. The summed E-state index contributed by atoms with van der Waals surface area (Å²) in [6.45, 7) is 1.25. The fourth-order valence-corrected chi connectivity index (χ4v) is 6.55. The number of rotatable bonds is 5. The van der Waals surface area contributed by atoms with Crippen molar-refractivity contribution < 1.29 is 13.2 Å². The first-order valence-corrected chi connectivity index (χ1v) is 13.3. The van der Waals surface area contributed by atoms with Crippen LogP contribution in [0.5, 0.6) is 0 Å². The summed E-state index contributed by atoms with van der Waals surface area (Å²) in [6, 6.07) is 11.8. The summed E-state index contributed by atoms with van der Waals surface area (Å²) >= 11 is 0. The Morgan fingerprint density at radius 3 is 2.41 bits per heavy atom. The monoisotopic (exact) mass is 482 g/mol. The Hall–Kier alpha value is -2.82. The van der Waals surface area contributed by atoms with E-state index in [1.165, 1.54) is 10.7 Å². The van der Waals surface area contributed by atoms with Crippen LogP contribution < -0.4 is 0 Å². The van der Waals surface area contributed by atoms with E-state index in [0.717, 1.165) is 36.9 Å². The highest BCUT2D eigenvalue weighted by Crippen LogP contribution is 2.26. The molecule has 1 aliphatic carbocycles. The molecule has 5 rings (SSSR count). The number of fused-ring (bicyclic) bond motifs is 1. The lowest BCUT2D eigenvalue weighted by atomic mass is 9.96. The molecule has 0 unspecified atom stereocenters. The van der Waals surface area contributed by atoms with E-state index in [4.69, 9.17) is 0 Å². The lowest BCUT2D eigenvalue weighted by Crippen LogP contribution is -2.55. The number of amides is 1. The number of carbonyl (C=O) groups excluding carboxylic acids is 1. The summed E-state index contributed by atoms with van der Waals surface area (Å²) < 4.78 is 31.1. The van der Waals surface area contributed by atoms with Crippen molar-refractivity contribution >= 4 is 21.8 Å². The third kappa shape index (κ3) is 4.21. The van der Waals surface area contributed by atoms with E-state index in [1.807, 2.05) is 36.4 Å². The molecule has 1 amide bonds. The molecule has 2 aromatic heterocycles. The Morgan fingerprint density at radius 1 is 1.00 bits per heavy atom. The molecule has 9 nitrogen and oxygen atoms in total. The van der Waals surface area contributed by atoms with Gasteiger partial charge in [0.2, 0.25) is 0 Å². The van der Waals surface area contributed by atoms with Crippen LogP contribution in [0.15, 0.2) is 48.8 Å². The first-order valence-electron chi connectivity index (χ1n) is 11.9. The highest BCUT2D eigenvalue weighted by atomic mass is 32.2. The molecule has 34 heavy (non-hydrogen) atoms. The number of nitrogens with zero attached hydrogens (tertiary/aromatic N) is 6. The standard InChI is InChI=1S/C24H30N6O3S/c1-27(20-10-6-3-7-11-20)34(32,33)29-16-14-28(15-17-29)24(31)21-18-26-30-22(12-13-25-23(21)30)19-8-4-2-5-9-19/h2,4-5,8-9,12-13,18,20H,3,6-7,10-11,14-17H2,1H3. The predicted molar refractivity (Wildman–Crippen MR) is 129 cm³/mol. The third-order valence-electron chi connectivity index (χ3n) is 7.01. The van der Waals surface area contributed by atoms with Crippen molar-refractivity contribution in [2.75, 3.05) is 33.2 Å². The molecule has 0 atom stereocenters. The molecule has 0 N–H and O–H groups in total. The van der Waals surface area contributed by atoms with Gasteiger partial charge in [-0.15, -0.1) is 0 Å². The van der Waals surface area contributed by atoms with Crippen molar-refractivity contribution in [3.8, 4) is 11.3 Å². The Kier molecular flexibility index (Phi) is 6.37. The lowest BCUT2D eigenvalue weighted by Gasteiger charge is -2.38. The summed E-state index contributed by atoms with van der Waals surface area (Å²) in [6.07, 6.45) is 8.40. The minimum atomic E-state index is -3.54. The van der Waals surface area contributed by atoms with Crippen molar-refractivity contribution in [1.82, 2.24) is 28.1 Å². The zero-order chi connectivity index (χ0) is 23.7. The van der Waals surface area contributed by atoms with E-state index in [9.17, 15) is 13.2 Å². The highest BCUT2D eigenvalue weighted by Gasteiger charge is 2.36. The van der Waals surface area contributed by atoms with Crippen LogP contribution in [0.3, 0.4) is 0 Å². The van der Waals surface area contributed by atoms with Crippen LogP contribution in [-0.2, 0) is 10.2 Å². The van der Waals surface area contributed by atoms with Crippen LogP contribution in [0.25, 0.3) is 16.9 Å². The third-order valence-corrected chi connectivity index (χ3v) is 9.05. The van der Waals surface area contributed by atoms with Crippen LogP contribution >= 0.6 is 0 Å². The van der Waals surface area contributed by atoms with E-state index >= 15 is 0 Å². The van der Waals surface area contributed by atoms with E-state index < -0.39 is 10.2 Å². The molecule has 180 valence electrons. The number of hydrogen-bond donors (Lipinski definition) is 0. The zero-order valence-corrected chi connectivity index (χ0v) is 20.2. The molecule has 2 fully saturated rings. The van der Waals surface area contributed by atoms with Gasteiger partial charge in [-0.05, 0) is 18.9 Å². The number of carbonyl (C=O) groups is 1. The van der Waals surface area contributed by atoms with E-state index in [1.54, 1.807) is 33.2 Å². The average molecular weight is 483 g/mol. The van der Waals surface area contributed by atoms with Gasteiger partial charge in [0.15, 0.2) is 5.65 Å². The quantitative estimate of drug-likeness (QED) is 0.558. The Bertz CT molecular complexity index is 1260. The summed E-state index contributed by atoms with van der Waals surface area (Å²) in [4.78, 5) is 19.4. The van der Waals surface area contributed by atoms with E-state index in [-0.39, 0.29) is 25.0 Å². The topological polar surface area (TPSA) is 91.1 Å². The molecular formula is C24H30N6O3S. The summed E-state index contributed by atoms with van der Waals surface area (Å²) in [5.41, 5.74) is 2.76. The second kappa shape index (κ2) is 9.44. The van der Waals surface area contributed by atoms with Crippen LogP contribution in [0, 0.1) is 0 Å². The number of hydrogen-bond acceptors (Lipinski definition) is 5. The second-order valence-electron chi connectivity index (χ2n) is 9.00. The molecule has 3 heterocycles. The smallest absolute Gasteiger partial charge is 0.282 e. The molecular weight excluding hydrogens is 452 g/mol. The first-order chi connectivity index (χ1) is 16.5. The largest absolute Gasteiger partial charge is 0.336 e. The molecule has 10 heteroatoms. The Morgan fingerprint density at radius 2 is 1.71 bits per heavy atom. The lowest BCUT2D eigenvalue weighted by molar-refractivity contribution is 0.0694. The summed E-state index contributed by atoms with van der Waals surface area (Å²) in [5, 5.41) is 4.43. The van der Waals surface area contributed by atoms with Gasteiger partial charge in [0.1, 0.15) is 5.56 Å². The predicted octanol–water partition coefficient (Wildman–Crippen LogP) is 2.66. The molecule has 0 spiro atoms. The van der Waals surface area contributed by atoms with Gasteiger partial charge < -0.3 is 4.90 Å². The highest BCUT2D eigenvalue weighted by molar-refractivity contribution is 7.86. The van der Waals surface area contributed by atoms with E-state index in [0.29, 0.717) is 24.3 Å². The summed E-state index contributed by atoms with van der Waals surface area (Å²) in [7, 11) is -1.84. The molecule has 1 aliphatic heterocycles. The minimum absolute atomic E-state index is 0.0714. The fourth-order valence-electron chi connectivity index (χ4n) is 4.98. The molecule has 0 bridgehead atoms. The van der Waals surface area contributed by atoms with Crippen molar-refractivity contribution in [2.24, 2.45) is 0 Å².